The Morgan fingerprint density at radius 1 is 1.29 bits per heavy atom. The second-order valence-corrected chi connectivity index (χ2v) is 7.41. The number of benzene rings is 1. The van der Waals surface area contributed by atoms with E-state index >= 15 is 0 Å². The zero-order valence-electron chi connectivity index (χ0n) is 12.7. The maximum absolute atomic E-state index is 6.39. The van der Waals surface area contributed by atoms with Crippen LogP contribution in [0.15, 0.2) is 18.2 Å². The maximum Gasteiger partial charge on any atom is 0.115 e. The van der Waals surface area contributed by atoms with Crippen molar-refractivity contribution in [3.05, 3.63) is 49.4 Å². The highest BCUT2D eigenvalue weighted by atomic mass is 35.5. The maximum atomic E-state index is 6.39. The lowest BCUT2D eigenvalue weighted by atomic mass is 10.1. The van der Waals surface area contributed by atoms with Gasteiger partial charge in [-0.1, -0.05) is 36.2 Å². The smallest absolute Gasteiger partial charge is 0.115 e. The van der Waals surface area contributed by atoms with Crippen molar-refractivity contribution in [2.75, 3.05) is 0 Å². The van der Waals surface area contributed by atoms with E-state index < -0.39 is 0 Å². The number of rotatable bonds is 5. The molecule has 1 heterocycles. The normalized spacial score (nSPS) is 12.9. The highest BCUT2D eigenvalue weighted by Crippen LogP contribution is 2.33. The van der Waals surface area contributed by atoms with Crippen molar-refractivity contribution in [1.82, 2.24) is 10.3 Å². The van der Waals surface area contributed by atoms with Gasteiger partial charge in [0.25, 0.3) is 0 Å². The van der Waals surface area contributed by atoms with Gasteiger partial charge in [-0.15, -0.1) is 11.3 Å². The Morgan fingerprint density at radius 2 is 2.00 bits per heavy atom. The Kier molecular flexibility index (Phi) is 5.67. The Hall–Kier alpha value is -0.610. The van der Waals surface area contributed by atoms with E-state index in [4.69, 9.17) is 28.2 Å². The SMILES string of the molecule is CCc1nc(C(NC(C)C)c2ccc(Cl)cc2Cl)sc1C. The first-order valence-corrected chi connectivity index (χ1v) is 8.66. The molecular formula is C16H20Cl2N2S. The molecule has 1 aromatic carbocycles. The molecule has 114 valence electrons. The van der Waals surface area contributed by atoms with Crippen LogP contribution < -0.4 is 5.32 Å². The fraction of sp³-hybridized carbons (Fsp3) is 0.438. The Morgan fingerprint density at radius 3 is 2.52 bits per heavy atom. The first-order valence-electron chi connectivity index (χ1n) is 7.09. The molecule has 2 aromatic rings. The monoisotopic (exact) mass is 342 g/mol. The molecule has 1 unspecified atom stereocenters. The van der Waals surface area contributed by atoms with E-state index in [2.05, 4.69) is 33.0 Å². The van der Waals surface area contributed by atoms with Gasteiger partial charge in [-0.05, 0) is 44.9 Å². The first kappa shape index (κ1) is 16.8. The topological polar surface area (TPSA) is 24.9 Å². The predicted molar refractivity (Wildman–Crippen MR) is 92.8 cm³/mol. The van der Waals surface area contributed by atoms with Gasteiger partial charge in [0.2, 0.25) is 0 Å². The number of halogens is 2. The van der Waals surface area contributed by atoms with Crippen LogP contribution in [0.4, 0.5) is 0 Å². The molecule has 1 aromatic heterocycles. The Labute approximate surface area is 140 Å². The molecule has 1 N–H and O–H groups in total. The van der Waals surface area contributed by atoms with Crippen molar-refractivity contribution in [3.63, 3.8) is 0 Å². The Balaban J connectivity index is 2.46. The average Bonchev–Trinajstić information content (AvgIpc) is 2.77. The molecule has 0 saturated heterocycles. The van der Waals surface area contributed by atoms with E-state index in [0.717, 1.165) is 22.7 Å². The lowest BCUT2D eigenvalue weighted by Gasteiger charge is -2.21. The lowest BCUT2D eigenvalue weighted by Crippen LogP contribution is -2.29. The summed E-state index contributed by atoms with van der Waals surface area (Å²) >= 11 is 14.1. The standard InChI is InChI=1S/C16H20Cl2N2S/c1-5-14-10(4)21-16(20-14)15(19-9(2)3)12-7-6-11(17)8-13(12)18/h6-9,15,19H,5H2,1-4H3. The highest BCUT2D eigenvalue weighted by Gasteiger charge is 2.22. The Bertz CT molecular complexity index is 623. The van der Waals surface area contributed by atoms with Crippen molar-refractivity contribution in [3.8, 4) is 0 Å². The fourth-order valence-electron chi connectivity index (χ4n) is 2.26. The van der Waals surface area contributed by atoms with Crippen molar-refractivity contribution < 1.29 is 0 Å². The zero-order valence-corrected chi connectivity index (χ0v) is 15.0. The van der Waals surface area contributed by atoms with Crippen LogP contribution in [-0.4, -0.2) is 11.0 Å². The molecule has 0 aliphatic carbocycles. The molecular weight excluding hydrogens is 323 g/mol. The van der Waals surface area contributed by atoms with Crippen LogP contribution in [0.5, 0.6) is 0 Å². The molecule has 2 rings (SSSR count). The van der Waals surface area contributed by atoms with Gasteiger partial charge in [-0.25, -0.2) is 4.98 Å². The van der Waals surface area contributed by atoms with Gasteiger partial charge in [-0.2, -0.15) is 0 Å². The third-order valence-electron chi connectivity index (χ3n) is 3.26. The van der Waals surface area contributed by atoms with E-state index in [9.17, 15) is 0 Å². The molecule has 5 heteroatoms. The predicted octanol–water partition coefficient (Wildman–Crippen LogP) is 5.41. The average molecular weight is 343 g/mol. The van der Waals surface area contributed by atoms with Gasteiger partial charge in [0.05, 0.1) is 11.7 Å². The molecule has 0 bridgehead atoms. The molecule has 0 amide bonds. The van der Waals surface area contributed by atoms with Gasteiger partial charge in [0.1, 0.15) is 5.01 Å². The zero-order chi connectivity index (χ0) is 15.6. The van der Waals surface area contributed by atoms with Gasteiger partial charge < -0.3 is 5.32 Å². The summed E-state index contributed by atoms with van der Waals surface area (Å²) in [5, 5.41) is 5.94. The van der Waals surface area contributed by atoms with Crippen LogP contribution in [-0.2, 0) is 6.42 Å². The van der Waals surface area contributed by atoms with Gasteiger partial charge >= 0.3 is 0 Å². The molecule has 1 atom stereocenters. The molecule has 2 nitrogen and oxygen atoms in total. The summed E-state index contributed by atoms with van der Waals surface area (Å²) < 4.78 is 0. The third kappa shape index (κ3) is 3.98. The number of aromatic nitrogens is 1. The highest BCUT2D eigenvalue weighted by molar-refractivity contribution is 7.11. The number of nitrogens with one attached hydrogen (secondary N) is 1. The summed E-state index contributed by atoms with van der Waals surface area (Å²) in [4.78, 5) is 6.06. The number of hydrogen-bond acceptors (Lipinski definition) is 3. The van der Waals surface area contributed by atoms with Crippen molar-refractivity contribution in [2.45, 2.75) is 46.2 Å². The van der Waals surface area contributed by atoms with E-state index in [1.54, 1.807) is 17.4 Å². The van der Waals surface area contributed by atoms with Crippen molar-refractivity contribution >= 4 is 34.5 Å². The quantitative estimate of drug-likeness (QED) is 0.785. The third-order valence-corrected chi connectivity index (χ3v) is 4.90. The van der Waals surface area contributed by atoms with Crippen LogP contribution in [0.2, 0.25) is 10.0 Å². The van der Waals surface area contributed by atoms with E-state index in [-0.39, 0.29) is 6.04 Å². The minimum atomic E-state index is -0.00114. The number of hydrogen-bond donors (Lipinski definition) is 1. The van der Waals surface area contributed by atoms with Crippen LogP contribution in [0.25, 0.3) is 0 Å². The molecule has 0 aliphatic heterocycles. The van der Waals surface area contributed by atoms with Gasteiger partial charge in [-0.3, -0.25) is 0 Å². The second kappa shape index (κ2) is 7.10. The molecule has 21 heavy (non-hydrogen) atoms. The minimum absolute atomic E-state index is 0.00114. The molecule has 0 spiro atoms. The largest absolute Gasteiger partial charge is 0.302 e. The summed E-state index contributed by atoms with van der Waals surface area (Å²) in [6.45, 7) is 8.50. The van der Waals surface area contributed by atoms with Crippen LogP contribution >= 0.6 is 34.5 Å². The number of nitrogens with zero attached hydrogens (tertiary/aromatic N) is 1. The van der Waals surface area contributed by atoms with E-state index in [1.165, 1.54) is 4.88 Å². The van der Waals surface area contributed by atoms with E-state index in [0.29, 0.717) is 16.1 Å². The number of thiazole rings is 1. The summed E-state index contributed by atoms with van der Waals surface area (Å²) in [5.41, 5.74) is 2.18. The molecule has 0 aliphatic rings. The van der Waals surface area contributed by atoms with Gasteiger partial charge in [0, 0.05) is 21.0 Å². The van der Waals surface area contributed by atoms with Crippen molar-refractivity contribution in [1.29, 1.82) is 0 Å². The van der Waals surface area contributed by atoms with E-state index in [1.807, 2.05) is 12.1 Å². The first-order chi connectivity index (χ1) is 9.92. The lowest BCUT2D eigenvalue weighted by molar-refractivity contribution is 0.526. The van der Waals surface area contributed by atoms with Gasteiger partial charge in [0.15, 0.2) is 0 Å². The molecule has 0 saturated carbocycles. The van der Waals surface area contributed by atoms with Crippen LogP contribution in [0.1, 0.15) is 48.0 Å². The van der Waals surface area contributed by atoms with Crippen LogP contribution in [0, 0.1) is 6.92 Å². The molecule has 0 fully saturated rings. The summed E-state index contributed by atoms with van der Waals surface area (Å²) in [6, 6.07) is 5.97. The fourth-order valence-corrected chi connectivity index (χ4v) is 3.87. The molecule has 0 radical (unpaired) electrons. The summed E-state index contributed by atoms with van der Waals surface area (Å²) in [5.74, 6) is 0. The number of aryl methyl sites for hydroxylation is 2. The summed E-state index contributed by atoms with van der Waals surface area (Å²) in [7, 11) is 0. The minimum Gasteiger partial charge on any atom is -0.302 e. The van der Waals surface area contributed by atoms with Crippen LogP contribution in [0.3, 0.4) is 0 Å². The van der Waals surface area contributed by atoms with Crippen molar-refractivity contribution in [2.24, 2.45) is 0 Å². The summed E-state index contributed by atoms with van der Waals surface area (Å²) in [6.07, 6.45) is 0.949. The second-order valence-electron chi connectivity index (χ2n) is 5.33.